The number of benzene rings is 1. The molecule has 114 valence electrons. The van der Waals surface area contributed by atoms with Crippen molar-refractivity contribution in [2.45, 2.75) is 25.4 Å². The van der Waals surface area contributed by atoms with Crippen molar-refractivity contribution >= 4 is 21.8 Å². The van der Waals surface area contributed by atoms with Gasteiger partial charge in [-0.25, -0.2) is 0 Å². The van der Waals surface area contributed by atoms with Gasteiger partial charge in [-0.15, -0.1) is 0 Å². The molecule has 0 aromatic heterocycles. The molecule has 6 heteroatoms. The van der Waals surface area contributed by atoms with Crippen molar-refractivity contribution < 1.29 is 14.3 Å². The molecule has 2 N–H and O–H groups in total. The standard InChI is InChI=1S/C15H19BrN2O3/c16-12-5-10-1-3-21-15(10)11(6-12)8-18-14(19)7-13-9-20-4-2-17-13/h5-6,13,17H,1-4,7-9H2,(H,18,19). The Morgan fingerprint density at radius 3 is 3.14 bits per heavy atom. The van der Waals surface area contributed by atoms with Crippen LogP contribution in [0.1, 0.15) is 17.5 Å². The molecular formula is C15H19BrN2O3. The van der Waals surface area contributed by atoms with E-state index < -0.39 is 0 Å². The van der Waals surface area contributed by atoms with Gasteiger partial charge < -0.3 is 20.1 Å². The summed E-state index contributed by atoms with van der Waals surface area (Å²) in [6.45, 7) is 3.34. The highest BCUT2D eigenvalue weighted by atomic mass is 79.9. The normalized spacial score (nSPS) is 20.7. The summed E-state index contributed by atoms with van der Waals surface area (Å²) in [7, 11) is 0. The second-order valence-electron chi connectivity index (χ2n) is 5.36. The number of carbonyl (C=O) groups excluding carboxylic acids is 1. The Kier molecular flexibility index (Phi) is 4.77. The topological polar surface area (TPSA) is 59.6 Å². The van der Waals surface area contributed by atoms with Crippen molar-refractivity contribution in [2.24, 2.45) is 0 Å². The zero-order valence-corrected chi connectivity index (χ0v) is 13.4. The minimum atomic E-state index is 0.0322. The van der Waals surface area contributed by atoms with E-state index in [1.54, 1.807) is 0 Å². The minimum absolute atomic E-state index is 0.0322. The van der Waals surface area contributed by atoms with Crippen LogP contribution in [0, 0.1) is 0 Å². The molecule has 1 aromatic carbocycles. The van der Waals surface area contributed by atoms with E-state index in [1.807, 2.05) is 6.07 Å². The van der Waals surface area contributed by atoms with Crippen molar-refractivity contribution in [2.75, 3.05) is 26.4 Å². The van der Waals surface area contributed by atoms with Gasteiger partial charge in [0.05, 0.1) is 19.8 Å². The van der Waals surface area contributed by atoms with Gasteiger partial charge >= 0.3 is 0 Å². The molecule has 0 aliphatic carbocycles. The number of amides is 1. The molecule has 0 spiro atoms. The zero-order valence-electron chi connectivity index (χ0n) is 11.8. The monoisotopic (exact) mass is 354 g/mol. The summed E-state index contributed by atoms with van der Waals surface area (Å²) in [5.74, 6) is 0.961. The number of hydrogen-bond acceptors (Lipinski definition) is 4. The van der Waals surface area contributed by atoms with Crippen molar-refractivity contribution in [1.82, 2.24) is 10.6 Å². The molecule has 1 aromatic rings. The highest BCUT2D eigenvalue weighted by Gasteiger charge is 2.19. The maximum Gasteiger partial charge on any atom is 0.221 e. The van der Waals surface area contributed by atoms with Gasteiger partial charge in [0, 0.05) is 42.0 Å². The number of nitrogens with one attached hydrogen (secondary N) is 2. The molecule has 1 fully saturated rings. The molecule has 0 radical (unpaired) electrons. The van der Waals surface area contributed by atoms with E-state index in [-0.39, 0.29) is 11.9 Å². The SMILES string of the molecule is O=C(CC1COCCN1)NCc1cc(Br)cc2c1OCC2. The van der Waals surface area contributed by atoms with Crippen LogP contribution in [0.4, 0.5) is 0 Å². The molecule has 1 saturated heterocycles. The summed E-state index contributed by atoms with van der Waals surface area (Å²) in [4.78, 5) is 12.0. The van der Waals surface area contributed by atoms with Crippen LogP contribution in [-0.2, 0) is 22.5 Å². The predicted octanol–water partition coefficient (Wildman–Crippen LogP) is 1.38. The summed E-state index contributed by atoms with van der Waals surface area (Å²) in [5.41, 5.74) is 2.23. The summed E-state index contributed by atoms with van der Waals surface area (Å²) in [5, 5.41) is 6.25. The molecule has 2 aliphatic rings. The van der Waals surface area contributed by atoms with Crippen molar-refractivity contribution in [3.63, 3.8) is 0 Å². The number of halogens is 1. The van der Waals surface area contributed by atoms with Gasteiger partial charge in [-0.05, 0) is 17.7 Å². The van der Waals surface area contributed by atoms with Crippen LogP contribution in [0.25, 0.3) is 0 Å². The maximum absolute atomic E-state index is 12.0. The average molecular weight is 355 g/mol. The third-order valence-electron chi connectivity index (χ3n) is 3.73. The predicted molar refractivity (Wildman–Crippen MR) is 82.4 cm³/mol. The molecule has 2 heterocycles. The molecule has 1 amide bonds. The molecule has 1 unspecified atom stereocenters. The van der Waals surface area contributed by atoms with Crippen molar-refractivity contribution in [1.29, 1.82) is 0 Å². The average Bonchev–Trinajstić information content (AvgIpc) is 2.94. The highest BCUT2D eigenvalue weighted by molar-refractivity contribution is 9.10. The first-order valence-electron chi connectivity index (χ1n) is 7.24. The smallest absolute Gasteiger partial charge is 0.221 e. The van der Waals surface area contributed by atoms with Crippen LogP contribution < -0.4 is 15.4 Å². The lowest BCUT2D eigenvalue weighted by Crippen LogP contribution is -2.44. The quantitative estimate of drug-likeness (QED) is 0.857. The van der Waals surface area contributed by atoms with Crippen LogP contribution in [-0.4, -0.2) is 38.3 Å². The first-order valence-corrected chi connectivity index (χ1v) is 8.03. The van der Waals surface area contributed by atoms with Gasteiger partial charge in [-0.3, -0.25) is 4.79 Å². The number of morpholine rings is 1. The zero-order chi connectivity index (χ0) is 14.7. The molecule has 0 saturated carbocycles. The third kappa shape index (κ3) is 3.75. The number of hydrogen-bond donors (Lipinski definition) is 2. The Bertz CT molecular complexity index is 530. The van der Waals surface area contributed by atoms with E-state index in [2.05, 4.69) is 32.6 Å². The van der Waals surface area contributed by atoms with Gasteiger partial charge in [0.2, 0.25) is 5.91 Å². The number of ether oxygens (including phenoxy) is 2. The molecule has 21 heavy (non-hydrogen) atoms. The van der Waals surface area contributed by atoms with Gasteiger partial charge in [-0.1, -0.05) is 15.9 Å². The van der Waals surface area contributed by atoms with Gasteiger partial charge in [0.25, 0.3) is 0 Å². The summed E-state index contributed by atoms with van der Waals surface area (Å²) >= 11 is 3.51. The lowest BCUT2D eigenvalue weighted by Gasteiger charge is -2.23. The lowest BCUT2D eigenvalue weighted by molar-refractivity contribution is -0.122. The minimum Gasteiger partial charge on any atom is -0.493 e. The highest BCUT2D eigenvalue weighted by Crippen LogP contribution is 2.32. The Labute approximate surface area is 132 Å². The lowest BCUT2D eigenvalue weighted by atomic mass is 10.1. The second-order valence-corrected chi connectivity index (χ2v) is 6.27. The molecule has 0 bridgehead atoms. The number of rotatable bonds is 4. The van der Waals surface area contributed by atoms with E-state index in [0.717, 1.165) is 42.0 Å². The molecule has 2 aliphatic heterocycles. The fourth-order valence-electron chi connectivity index (χ4n) is 2.72. The van der Waals surface area contributed by atoms with Gasteiger partial charge in [0.1, 0.15) is 5.75 Å². The molecule has 5 nitrogen and oxygen atoms in total. The van der Waals surface area contributed by atoms with E-state index >= 15 is 0 Å². The first kappa shape index (κ1) is 14.8. The number of fused-ring (bicyclic) bond motifs is 1. The molecule has 3 rings (SSSR count). The van der Waals surface area contributed by atoms with Gasteiger partial charge in [0.15, 0.2) is 0 Å². The summed E-state index contributed by atoms with van der Waals surface area (Å²) in [6, 6.07) is 4.20. The fraction of sp³-hybridized carbons (Fsp3) is 0.533. The summed E-state index contributed by atoms with van der Waals surface area (Å²) < 4.78 is 12.0. The maximum atomic E-state index is 12.0. The molecule has 1 atom stereocenters. The van der Waals surface area contributed by atoms with E-state index in [1.165, 1.54) is 5.56 Å². The van der Waals surface area contributed by atoms with Crippen molar-refractivity contribution in [3.05, 3.63) is 27.7 Å². The van der Waals surface area contributed by atoms with E-state index in [4.69, 9.17) is 9.47 Å². The van der Waals surface area contributed by atoms with Crippen LogP contribution in [0.2, 0.25) is 0 Å². The Morgan fingerprint density at radius 1 is 1.43 bits per heavy atom. The Balaban J connectivity index is 1.56. The summed E-state index contributed by atoms with van der Waals surface area (Å²) in [6.07, 6.45) is 1.37. The fourth-order valence-corrected chi connectivity index (χ4v) is 3.27. The van der Waals surface area contributed by atoms with E-state index in [9.17, 15) is 4.79 Å². The first-order chi connectivity index (χ1) is 10.2. The number of carbonyl (C=O) groups is 1. The van der Waals surface area contributed by atoms with E-state index in [0.29, 0.717) is 19.6 Å². The van der Waals surface area contributed by atoms with Crippen LogP contribution in [0.3, 0.4) is 0 Å². The third-order valence-corrected chi connectivity index (χ3v) is 4.19. The van der Waals surface area contributed by atoms with Crippen molar-refractivity contribution in [3.8, 4) is 5.75 Å². The van der Waals surface area contributed by atoms with Crippen LogP contribution in [0.15, 0.2) is 16.6 Å². The van der Waals surface area contributed by atoms with Gasteiger partial charge in [-0.2, -0.15) is 0 Å². The Hall–Kier alpha value is -1.11. The van der Waals surface area contributed by atoms with Crippen LogP contribution >= 0.6 is 15.9 Å². The second kappa shape index (κ2) is 6.77. The molecular weight excluding hydrogens is 336 g/mol. The van der Waals surface area contributed by atoms with Crippen LogP contribution in [0.5, 0.6) is 5.75 Å². The largest absolute Gasteiger partial charge is 0.493 e. The Morgan fingerprint density at radius 2 is 2.33 bits per heavy atom.